The molecule has 0 atom stereocenters. The first kappa shape index (κ1) is 24.4. The van der Waals surface area contributed by atoms with Gasteiger partial charge in [-0.05, 0) is 50.4 Å². The monoisotopic (exact) mass is 365 g/mol. The first-order valence-electron chi connectivity index (χ1n) is 9.60. The van der Waals surface area contributed by atoms with Crippen LogP contribution in [0.1, 0.15) is 46.1 Å². The molecule has 1 saturated heterocycles. The molecule has 26 heavy (non-hydrogen) atoms. The Bertz CT molecular complexity index is 489. The zero-order valence-corrected chi connectivity index (χ0v) is 17.2. The number of hydrogen-bond donors (Lipinski definition) is 0. The zero-order valence-electron chi connectivity index (χ0n) is 17.2. The van der Waals surface area contributed by atoms with Crippen molar-refractivity contribution >= 4 is 0 Å². The van der Waals surface area contributed by atoms with Gasteiger partial charge in [-0.3, -0.25) is 4.90 Å². The van der Waals surface area contributed by atoms with E-state index in [2.05, 4.69) is 29.0 Å². The van der Waals surface area contributed by atoms with E-state index in [-0.39, 0.29) is 5.82 Å². The molecule has 0 aromatic heterocycles. The first-order chi connectivity index (χ1) is 12.6. The van der Waals surface area contributed by atoms with Crippen LogP contribution in [0.15, 0.2) is 46.3 Å². The smallest absolute Gasteiger partial charge is 0.123 e. The molecule has 4 nitrogen and oxygen atoms in total. The maximum absolute atomic E-state index is 12.2. The molecule has 2 rings (SSSR count). The number of rotatable bonds is 5. The minimum atomic E-state index is -0.160. The minimum absolute atomic E-state index is 0.160. The Kier molecular flexibility index (Phi) is 15.8. The Morgan fingerprint density at radius 2 is 1.77 bits per heavy atom. The third-order valence-electron chi connectivity index (χ3n) is 3.89. The number of allylic oxidation sites excluding steroid dienone is 2. The number of hydrogen-bond acceptors (Lipinski definition) is 4. The number of azo groups is 1. The fraction of sp³-hybridized carbons (Fsp3) is 0.619. The van der Waals surface area contributed by atoms with Crippen LogP contribution >= 0.6 is 0 Å². The quantitative estimate of drug-likeness (QED) is 0.646. The molecule has 1 aliphatic rings. The second kappa shape index (κ2) is 16.9. The molecule has 0 N–H and O–H groups in total. The third-order valence-corrected chi connectivity index (χ3v) is 3.89. The van der Waals surface area contributed by atoms with Crippen LogP contribution in [0, 0.1) is 5.82 Å². The van der Waals surface area contributed by atoms with Crippen molar-refractivity contribution in [2.75, 3.05) is 39.9 Å². The molecule has 0 spiro atoms. The van der Waals surface area contributed by atoms with Gasteiger partial charge < -0.3 is 4.74 Å². The molecule has 0 radical (unpaired) electrons. The van der Waals surface area contributed by atoms with Crippen LogP contribution in [-0.2, 0) is 11.2 Å². The van der Waals surface area contributed by atoms with Crippen LogP contribution in [0.2, 0.25) is 0 Å². The number of benzene rings is 1. The van der Waals surface area contributed by atoms with Crippen LogP contribution in [-0.4, -0.2) is 44.8 Å². The van der Waals surface area contributed by atoms with Crippen LogP contribution < -0.4 is 0 Å². The van der Waals surface area contributed by atoms with E-state index in [1.54, 1.807) is 19.2 Å². The van der Waals surface area contributed by atoms with Crippen molar-refractivity contribution in [2.45, 2.75) is 47.0 Å². The van der Waals surface area contributed by atoms with Gasteiger partial charge in [-0.25, -0.2) is 4.39 Å². The van der Waals surface area contributed by atoms with E-state index in [4.69, 9.17) is 4.74 Å². The van der Waals surface area contributed by atoms with E-state index in [1.807, 2.05) is 19.9 Å². The highest BCUT2D eigenvalue weighted by Crippen LogP contribution is 2.02. The van der Waals surface area contributed by atoms with Gasteiger partial charge in [0.2, 0.25) is 0 Å². The van der Waals surface area contributed by atoms with Crippen molar-refractivity contribution in [3.05, 3.63) is 47.4 Å². The maximum Gasteiger partial charge on any atom is 0.123 e. The summed E-state index contributed by atoms with van der Waals surface area (Å²) < 4.78 is 17.4. The molecule has 148 valence electrons. The van der Waals surface area contributed by atoms with Crippen LogP contribution in [0.25, 0.3) is 0 Å². The molecule has 5 heteroatoms. The van der Waals surface area contributed by atoms with Gasteiger partial charge in [-0.1, -0.05) is 39.0 Å². The molecular weight excluding hydrogens is 329 g/mol. The highest BCUT2D eigenvalue weighted by molar-refractivity contribution is 5.15. The van der Waals surface area contributed by atoms with Crippen molar-refractivity contribution in [3.63, 3.8) is 0 Å². The highest BCUT2D eigenvalue weighted by Gasteiger charge is 2.07. The molecule has 1 aromatic rings. The summed E-state index contributed by atoms with van der Waals surface area (Å²) in [6.45, 7) is 13.7. The summed E-state index contributed by atoms with van der Waals surface area (Å²) in [5, 5.41) is 7.48. The first-order valence-corrected chi connectivity index (χ1v) is 9.60. The summed E-state index contributed by atoms with van der Waals surface area (Å²) in [7, 11) is 1.68. The lowest BCUT2D eigenvalue weighted by Crippen LogP contribution is -2.36. The summed E-state index contributed by atoms with van der Waals surface area (Å²) in [6.07, 6.45) is 5.17. The minimum Gasteiger partial charge on any atom is -0.379 e. The van der Waals surface area contributed by atoms with Gasteiger partial charge >= 0.3 is 0 Å². The fourth-order valence-electron chi connectivity index (χ4n) is 2.32. The summed E-state index contributed by atoms with van der Waals surface area (Å²) >= 11 is 0. The fourth-order valence-corrected chi connectivity index (χ4v) is 2.32. The van der Waals surface area contributed by atoms with Gasteiger partial charge in [0.05, 0.1) is 18.9 Å². The Morgan fingerprint density at radius 1 is 1.15 bits per heavy atom. The Labute approximate surface area is 159 Å². The molecule has 0 bridgehead atoms. The molecule has 0 amide bonds. The second-order valence-electron chi connectivity index (χ2n) is 5.87. The number of ether oxygens (including phenoxy) is 1. The molecule has 0 unspecified atom stereocenters. The molecule has 1 aliphatic heterocycles. The lowest BCUT2D eigenvalue weighted by atomic mass is 10.2. The summed E-state index contributed by atoms with van der Waals surface area (Å²) in [5.41, 5.74) is 2.23. The van der Waals surface area contributed by atoms with Gasteiger partial charge in [-0.15, -0.1) is 0 Å². The highest BCUT2D eigenvalue weighted by atomic mass is 19.1. The molecule has 0 aliphatic carbocycles. The standard InChI is InChI=1S/C8H9F.C7H15NO.C6H12N2/c1-2-7-3-5-8(9)6-4-7;1-2-3-8-4-6-9-7-5-8;1-4-6(5-2)8-7-3/h3-6H,2H2,1H3;2-7H2,1H3;4H,5H2,1-3H3/b;;6-4-,8-7?. The van der Waals surface area contributed by atoms with E-state index in [0.717, 1.165) is 44.8 Å². The molecule has 1 aromatic carbocycles. The number of halogens is 1. The molecule has 1 fully saturated rings. The lowest BCUT2D eigenvalue weighted by Gasteiger charge is -2.25. The summed E-state index contributed by atoms with van der Waals surface area (Å²) in [5.74, 6) is -0.160. The Balaban J connectivity index is 0.000000362. The Hall–Kier alpha value is -1.59. The van der Waals surface area contributed by atoms with E-state index in [1.165, 1.54) is 30.7 Å². The van der Waals surface area contributed by atoms with E-state index in [9.17, 15) is 4.39 Å². The topological polar surface area (TPSA) is 37.2 Å². The normalized spacial score (nSPS) is 15.1. The van der Waals surface area contributed by atoms with Crippen molar-refractivity contribution in [2.24, 2.45) is 10.2 Å². The molecular formula is C21H36FN3O. The van der Waals surface area contributed by atoms with Crippen LogP contribution in [0.3, 0.4) is 0 Å². The number of nitrogens with zero attached hydrogens (tertiary/aromatic N) is 3. The van der Waals surface area contributed by atoms with Gasteiger partial charge in [0.1, 0.15) is 5.82 Å². The van der Waals surface area contributed by atoms with E-state index < -0.39 is 0 Å². The average molecular weight is 366 g/mol. The van der Waals surface area contributed by atoms with E-state index in [0.29, 0.717) is 0 Å². The van der Waals surface area contributed by atoms with Gasteiger partial charge in [0, 0.05) is 20.1 Å². The average Bonchev–Trinajstić information content (AvgIpc) is 2.69. The zero-order chi connectivity index (χ0) is 19.6. The summed E-state index contributed by atoms with van der Waals surface area (Å²) in [4.78, 5) is 2.45. The van der Waals surface area contributed by atoms with E-state index >= 15 is 0 Å². The maximum atomic E-state index is 12.2. The van der Waals surface area contributed by atoms with Gasteiger partial charge in [-0.2, -0.15) is 10.2 Å². The van der Waals surface area contributed by atoms with Crippen molar-refractivity contribution in [1.82, 2.24) is 4.90 Å². The van der Waals surface area contributed by atoms with Crippen molar-refractivity contribution in [1.29, 1.82) is 0 Å². The van der Waals surface area contributed by atoms with Crippen LogP contribution in [0.4, 0.5) is 4.39 Å². The third kappa shape index (κ3) is 12.7. The molecule has 0 saturated carbocycles. The second-order valence-corrected chi connectivity index (χ2v) is 5.87. The largest absolute Gasteiger partial charge is 0.379 e. The van der Waals surface area contributed by atoms with Crippen molar-refractivity contribution in [3.8, 4) is 0 Å². The predicted molar refractivity (Wildman–Crippen MR) is 108 cm³/mol. The Morgan fingerprint density at radius 3 is 2.15 bits per heavy atom. The summed E-state index contributed by atoms with van der Waals surface area (Å²) in [6, 6.07) is 6.57. The van der Waals surface area contributed by atoms with Crippen LogP contribution in [0.5, 0.6) is 0 Å². The number of aryl methyl sites for hydroxylation is 1. The lowest BCUT2D eigenvalue weighted by molar-refractivity contribution is 0.0380. The predicted octanol–water partition coefficient (Wildman–Crippen LogP) is 5.50. The molecule has 1 heterocycles. The number of morpholine rings is 1. The SMILES string of the molecule is C/C=C(/CC)N=NC.CCCN1CCOCC1.CCc1ccc(F)cc1. The van der Waals surface area contributed by atoms with Crippen molar-refractivity contribution < 1.29 is 9.13 Å². The van der Waals surface area contributed by atoms with Gasteiger partial charge in [0.15, 0.2) is 0 Å². The van der Waals surface area contributed by atoms with Gasteiger partial charge in [0.25, 0.3) is 0 Å².